The van der Waals surface area contributed by atoms with Crippen LogP contribution in [0.1, 0.15) is 35.5 Å². The molecule has 1 atom stereocenters. The topological polar surface area (TPSA) is 62.3 Å². The Morgan fingerprint density at radius 1 is 1.53 bits per heavy atom. The molecule has 1 heterocycles. The van der Waals surface area contributed by atoms with E-state index in [-0.39, 0.29) is 0 Å². The molecule has 0 spiro atoms. The number of fused-ring (bicyclic) bond motifs is 1. The highest BCUT2D eigenvalue weighted by Crippen LogP contribution is 2.30. The van der Waals surface area contributed by atoms with Gasteiger partial charge in [-0.25, -0.2) is 4.79 Å². The smallest absolute Gasteiger partial charge is 0.355 e. The number of H-pyrrole nitrogens is 1. The molecule has 2 aromatic rings. The summed E-state index contributed by atoms with van der Waals surface area (Å²) in [4.78, 5) is 15.0. The third kappa shape index (κ3) is 2.53. The lowest BCUT2D eigenvalue weighted by Crippen LogP contribution is -2.10. The minimum absolute atomic E-state index is 0.297. The van der Waals surface area contributed by atoms with E-state index < -0.39 is 12.1 Å². The fourth-order valence-corrected chi connectivity index (χ4v) is 2.15. The van der Waals surface area contributed by atoms with Gasteiger partial charge in [0.25, 0.3) is 0 Å². The molecule has 0 aliphatic heterocycles. The summed E-state index contributed by atoms with van der Waals surface area (Å²) >= 11 is 0. The predicted octanol–water partition coefficient (Wildman–Crippen LogP) is 2.95. The van der Waals surface area contributed by atoms with Crippen molar-refractivity contribution < 1.29 is 14.6 Å². The van der Waals surface area contributed by atoms with Crippen LogP contribution >= 0.6 is 0 Å². The quantitative estimate of drug-likeness (QED) is 0.641. The van der Waals surface area contributed by atoms with Gasteiger partial charge in [-0.1, -0.05) is 24.3 Å². The van der Waals surface area contributed by atoms with E-state index in [1.807, 2.05) is 24.3 Å². The SMILES string of the molecule is C=CCC(O)c1c(C(=O)OCC)[nH]c2ccccc12. The van der Waals surface area contributed by atoms with Gasteiger partial charge in [-0.3, -0.25) is 0 Å². The third-order valence-electron chi connectivity index (χ3n) is 2.95. The van der Waals surface area contributed by atoms with Crippen molar-refractivity contribution in [3.8, 4) is 0 Å². The number of para-hydroxylation sites is 1. The molecule has 19 heavy (non-hydrogen) atoms. The van der Waals surface area contributed by atoms with E-state index in [9.17, 15) is 9.90 Å². The zero-order chi connectivity index (χ0) is 13.8. The van der Waals surface area contributed by atoms with Crippen LogP contribution in [-0.4, -0.2) is 22.7 Å². The summed E-state index contributed by atoms with van der Waals surface area (Å²) in [7, 11) is 0. The molecule has 1 aromatic heterocycles. The standard InChI is InChI=1S/C15H17NO3/c1-3-7-12(17)13-10-8-5-6-9-11(10)16-14(13)15(18)19-4-2/h3,5-6,8-9,12,16-17H,1,4,7H2,2H3. The minimum Gasteiger partial charge on any atom is -0.461 e. The highest BCUT2D eigenvalue weighted by Gasteiger charge is 2.23. The number of benzene rings is 1. The first-order chi connectivity index (χ1) is 9.19. The molecular weight excluding hydrogens is 242 g/mol. The van der Waals surface area contributed by atoms with Crippen LogP contribution in [0.3, 0.4) is 0 Å². The van der Waals surface area contributed by atoms with Gasteiger partial charge in [0.1, 0.15) is 5.69 Å². The molecule has 0 aliphatic rings. The van der Waals surface area contributed by atoms with Gasteiger partial charge in [0, 0.05) is 16.5 Å². The van der Waals surface area contributed by atoms with Gasteiger partial charge in [0.15, 0.2) is 0 Å². The van der Waals surface area contributed by atoms with Gasteiger partial charge in [0.2, 0.25) is 0 Å². The molecule has 0 aliphatic carbocycles. The number of ether oxygens (including phenoxy) is 1. The van der Waals surface area contributed by atoms with Gasteiger partial charge in [-0.05, 0) is 19.4 Å². The maximum absolute atomic E-state index is 12.0. The average Bonchev–Trinajstić information content (AvgIpc) is 2.78. The number of aromatic amines is 1. The molecular formula is C15H17NO3. The molecule has 1 aromatic carbocycles. The number of rotatable bonds is 5. The number of carbonyl (C=O) groups is 1. The molecule has 0 saturated heterocycles. The Morgan fingerprint density at radius 3 is 2.95 bits per heavy atom. The lowest BCUT2D eigenvalue weighted by Gasteiger charge is -2.10. The maximum Gasteiger partial charge on any atom is 0.355 e. The lowest BCUT2D eigenvalue weighted by molar-refractivity contribution is 0.0513. The molecule has 2 N–H and O–H groups in total. The van der Waals surface area contributed by atoms with Crippen LogP contribution in [0.4, 0.5) is 0 Å². The number of aromatic nitrogens is 1. The maximum atomic E-state index is 12.0. The second-order valence-electron chi connectivity index (χ2n) is 4.22. The van der Waals surface area contributed by atoms with E-state index in [1.54, 1.807) is 13.0 Å². The van der Waals surface area contributed by atoms with Crippen LogP contribution in [0, 0.1) is 0 Å². The van der Waals surface area contributed by atoms with E-state index in [4.69, 9.17) is 4.74 Å². The molecule has 0 saturated carbocycles. The van der Waals surface area contributed by atoms with Crippen molar-refractivity contribution in [3.63, 3.8) is 0 Å². The lowest BCUT2D eigenvalue weighted by atomic mass is 10.0. The average molecular weight is 259 g/mol. The van der Waals surface area contributed by atoms with Crippen molar-refractivity contribution in [1.82, 2.24) is 4.98 Å². The molecule has 1 unspecified atom stereocenters. The Balaban J connectivity index is 2.57. The normalized spacial score (nSPS) is 12.3. The Hall–Kier alpha value is -2.07. The van der Waals surface area contributed by atoms with Crippen molar-refractivity contribution in [2.75, 3.05) is 6.61 Å². The Morgan fingerprint density at radius 2 is 2.26 bits per heavy atom. The summed E-state index contributed by atoms with van der Waals surface area (Å²) in [5.74, 6) is -0.447. The van der Waals surface area contributed by atoms with Gasteiger partial charge in [0.05, 0.1) is 12.7 Å². The summed E-state index contributed by atoms with van der Waals surface area (Å²) in [5, 5.41) is 11.0. The number of hydrogen-bond acceptors (Lipinski definition) is 3. The van der Waals surface area contributed by atoms with Crippen molar-refractivity contribution in [3.05, 3.63) is 48.2 Å². The number of carbonyl (C=O) groups excluding carboxylic acids is 1. The van der Waals surface area contributed by atoms with Crippen molar-refractivity contribution >= 4 is 16.9 Å². The summed E-state index contributed by atoms with van der Waals surface area (Å²) in [6, 6.07) is 7.48. The zero-order valence-corrected chi connectivity index (χ0v) is 10.8. The number of nitrogens with one attached hydrogen (secondary N) is 1. The summed E-state index contributed by atoms with van der Waals surface area (Å²) in [6.45, 7) is 5.66. The molecule has 4 nitrogen and oxygen atoms in total. The van der Waals surface area contributed by atoms with Crippen LogP contribution < -0.4 is 0 Å². The van der Waals surface area contributed by atoms with E-state index >= 15 is 0 Å². The largest absolute Gasteiger partial charge is 0.461 e. The number of esters is 1. The number of hydrogen-bond donors (Lipinski definition) is 2. The fourth-order valence-electron chi connectivity index (χ4n) is 2.15. The van der Waals surface area contributed by atoms with Gasteiger partial charge in [-0.15, -0.1) is 6.58 Å². The van der Waals surface area contributed by atoms with Crippen LogP contribution in [-0.2, 0) is 4.74 Å². The first-order valence-electron chi connectivity index (χ1n) is 6.25. The summed E-state index contributed by atoms with van der Waals surface area (Å²) < 4.78 is 5.02. The Bertz CT molecular complexity index is 600. The number of aliphatic hydroxyl groups is 1. The van der Waals surface area contributed by atoms with E-state index in [1.165, 1.54) is 0 Å². The van der Waals surface area contributed by atoms with Crippen LogP contribution in [0.25, 0.3) is 10.9 Å². The van der Waals surface area contributed by atoms with Crippen molar-refractivity contribution in [2.45, 2.75) is 19.4 Å². The predicted molar refractivity (Wildman–Crippen MR) is 74.0 cm³/mol. The zero-order valence-electron chi connectivity index (χ0n) is 10.8. The molecule has 4 heteroatoms. The molecule has 100 valence electrons. The van der Waals surface area contributed by atoms with E-state index in [0.29, 0.717) is 24.3 Å². The molecule has 0 fully saturated rings. The summed E-state index contributed by atoms with van der Waals surface area (Å²) in [6.07, 6.45) is 1.24. The third-order valence-corrected chi connectivity index (χ3v) is 2.95. The van der Waals surface area contributed by atoms with Gasteiger partial charge < -0.3 is 14.8 Å². The van der Waals surface area contributed by atoms with E-state index in [2.05, 4.69) is 11.6 Å². The Kier molecular flexibility index (Phi) is 4.02. The highest BCUT2D eigenvalue weighted by atomic mass is 16.5. The van der Waals surface area contributed by atoms with Crippen molar-refractivity contribution in [1.29, 1.82) is 0 Å². The van der Waals surface area contributed by atoms with Crippen LogP contribution in [0.15, 0.2) is 36.9 Å². The second kappa shape index (κ2) is 5.71. The van der Waals surface area contributed by atoms with Crippen molar-refractivity contribution in [2.24, 2.45) is 0 Å². The number of aliphatic hydroxyl groups excluding tert-OH is 1. The first kappa shape index (κ1) is 13.4. The molecule has 0 bridgehead atoms. The molecule has 0 amide bonds. The van der Waals surface area contributed by atoms with E-state index in [0.717, 1.165) is 10.9 Å². The molecule has 2 rings (SSSR count). The molecule has 0 radical (unpaired) electrons. The highest BCUT2D eigenvalue weighted by molar-refractivity contribution is 5.98. The first-order valence-corrected chi connectivity index (χ1v) is 6.25. The van der Waals surface area contributed by atoms with Gasteiger partial charge >= 0.3 is 5.97 Å². The Labute approximate surface area is 111 Å². The second-order valence-corrected chi connectivity index (χ2v) is 4.22. The van der Waals surface area contributed by atoms with Gasteiger partial charge in [-0.2, -0.15) is 0 Å². The minimum atomic E-state index is -0.770. The monoisotopic (exact) mass is 259 g/mol. The fraction of sp³-hybridized carbons (Fsp3) is 0.267. The van der Waals surface area contributed by atoms with Crippen LogP contribution in [0.5, 0.6) is 0 Å². The van der Waals surface area contributed by atoms with Crippen LogP contribution in [0.2, 0.25) is 0 Å². The summed E-state index contributed by atoms with van der Waals surface area (Å²) in [5.41, 5.74) is 1.70.